The lowest BCUT2D eigenvalue weighted by molar-refractivity contribution is 0.0940. The van der Waals surface area contributed by atoms with E-state index in [1.165, 1.54) is 0 Å². The van der Waals surface area contributed by atoms with E-state index in [0.29, 0.717) is 25.2 Å². The number of nitrogens with one attached hydrogen (secondary N) is 1. The maximum atomic E-state index is 11.9. The van der Waals surface area contributed by atoms with Crippen LogP contribution >= 0.6 is 0 Å². The summed E-state index contributed by atoms with van der Waals surface area (Å²) in [5, 5.41) is 11.3. The predicted octanol–water partition coefficient (Wildman–Crippen LogP) is 1.75. The Morgan fingerprint density at radius 2 is 2.29 bits per heavy atom. The van der Waals surface area contributed by atoms with Gasteiger partial charge in [0.1, 0.15) is 0 Å². The molecule has 0 bridgehead atoms. The maximum absolute atomic E-state index is 11.9. The van der Waals surface area contributed by atoms with Crippen molar-refractivity contribution in [1.82, 2.24) is 5.32 Å². The minimum atomic E-state index is -0.137. The number of nitriles is 1. The fourth-order valence-electron chi connectivity index (χ4n) is 1.81. The topological polar surface area (TPSA) is 62.1 Å². The van der Waals surface area contributed by atoms with Crippen molar-refractivity contribution < 1.29 is 9.53 Å². The van der Waals surface area contributed by atoms with Gasteiger partial charge in [-0.05, 0) is 30.2 Å². The summed E-state index contributed by atoms with van der Waals surface area (Å²) in [5.74, 6) is -0.137. The van der Waals surface area contributed by atoms with Gasteiger partial charge in [-0.3, -0.25) is 4.79 Å². The second-order valence-electron chi connectivity index (χ2n) is 4.21. The van der Waals surface area contributed by atoms with E-state index >= 15 is 0 Å². The van der Waals surface area contributed by atoms with Gasteiger partial charge in [-0.15, -0.1) is 0 Å². The molecular weight excluding hydrogens is 216 g/mol. The van der Waals surface area contributed by atoms with E-state index in [9.17, 15) is 4.79 Å². The normalized spacial score (nSPS) is 14.8. The molecule has 1 atom stereocenters. The van der Waals surface area contributed by atoms with Gasteiger partial charge in [0.25, 0.3) is 5.91 Å². The molecule has 0 aliphatic carbocycles. The van der Waals surface area contributed by atoms with Crippen molar-refractivity contribution >= 4 is 5.91 Å². The van der Waals surface area contributed by atoms with Gasteiger partial charge in [-0.1, -0.05) is 6.07 Å². The van der Waals surface area contributed by atoms with Crippen LogP contribution in [-0.4, -0.2) is 11.9 Å². The lowest BCUT2D eigenvalue weighted by Crippen LogP contribution is -2.32. The van der Waals surface area contributed by atoms with Crippen LogP contribution in [0.2, 0.25) is 0 Å². The van der Waals surface area contributed by atoms with E-state index in [1.807, 2.05) is 25.1 Å². The summed E-state index contributed by atoms with van der Waals surface area (Å²) >= 11 is 0. The molecular formula is C13H14N2O2. The number of amides is 1. The average molecular weight is 230 g/mol. The van der Waals surface area contributed by atoms with Crippen molar-refractivity contribution in [3.8, 4) is 6.07 Å². The van der Waals surface area contributed by atoms with Crippen LogP contribution < -0.4 is 5.32 Å². The van der Waals surface area contributed by atoms with Crippen molar-refractivity contribution in [1.29, 1.82) is 5.26 Å². The molecule has 4 heteroatoms. The first-order chi connectivity index (χ1) is 8.20. The molecule has 0 saturated carbocycles. The zero-order valence-corrected chi connectivity index (χ0v) is 9.69. The monoisotopic (exact) mass is 230 g/mol. The molecule has 1 aromatic rings. The molecule has 17 heavy (non-hydrogen) atoms. The van der Waals surface area contributed by atoms with E-state index in [-0.39, 0.29) is 11.9 Å². The predicted molar refractivity (Wildman–Crippen MR) is 62.1 cm³/mol. The fourth-order valence-corrected chi connectivity index (χ4v) is 1.81. The Bertz CT molecular complexity index is 477. The number of carbonyl (C=O) groups excluding carboxylic acids is 1. The molecule has 0 fully saturated rings. The summed E-state index contributed by atoms with van der Waals surface area (Å²) in [6.07, 6.45) is 0.319. The fraction of sp³-hybridized carbons (Fsp3) is 0.385. The number of hydrogen-bond donors (Lipinski definition) is 1. The Kier molecular flexibility index (Phi) is 3.40. The highest BCUT2D eigenvalue weighted by atomic mass is 16.5. The number of hydrogen-bond acceptors (Lipinski definition) is 3. The van der Waals surface area contributed by atoms with E-state index in [2.05, 4.69) is 5.32 Å². The molecule has 1 heterocycles. The molecule has 1 aliphatic rings. The zero-order chi connectivity index (χ0) is 12.3. The van der Waals surface area contributed by atoms with Crippen molar-refractivity contribution in [2.75, 3.05) is 0 Å². The Labute approximate surface area is 100 Å². The van der Waals surface area contributed by atoms with Gasteiger partial charge >= 0.3 is 0 Å². The molecule has 1 aromatic carbocycles. The van der Waals surface area contributed by atoms with Crippen molar-refractivity contribution in [2.24, 2.45) is 0 Å². The molecule has 88 valence electrons. The van der Waals surface area contributed by atoms with Crippen LogP contribution in [0, 0.1) is 11.3 Å². The van der Waals surface area contributed by atoms with Gasteiger partial charge in [0.2, 0.25) is 0 Å². The molecule has 0 spiro atoms. The smallest absolute Gasteiger partial charge is 0.251 e. The van der Waals surface area contributed by atoms with Gasteiger partial charge < -0.3 is 10.1 Å². The van der Waals surface area contributed by atoms with Crippen LogP contribution in [0.15, 0.2) is 18.2 Å². The summed E-state index contributed by atoms with van der Waals surface area (Å²) in [7, 11) is 0. The minimum absolute atomic E-state index is 0.128. The Morgan fingerprint density at radius 3 is 3.06 bits per heavy atom. The molecule has 1 N–H and O–H groups in total. The summed E-state index contributed by atoms with van der Waals surface area (Å²) in [6.45, 7) is 3.02. The number of fused-ring (bicyclic) bond motifs is 1. The van der Waals surface area contributed by atoms with E-state index in [1.54, 1.807) is 6.07 Å². The van der Waals surface area contributed by atoms with E-state index in [0.717, 1.165) is 11.1 Å². The van der Waals surface area contributed by atoms with Crippen molar-refractivity contribution in [3.63, 3.8) is 0 Å². The highest BCUT2D eigenvalue weighted by molar-refractivity contribution is 5.94. The third-order valence-electron chi connectivity index (χ3n) is 2.76. The molecule has 1 unspecified atom stereocenters. The van der Waals surface area contributed by atoms with Crippen LogP contribution in [0.5, 0.6) is 0 Å². The number of carbonyl (C=O) groups is 1. The molecule has 0 saturated heterocycles. The summed E-state index contributed by atoms with van der Waals surface area (Å²) < 4.78 is 5.29. The summed E-state index contributed by atoms with van der Waals surface area (Å²) in [6, 6.07) is 7.48. The zero-order valence-electron chi connectivity index (χ0n) is 9.69. The third kappa shape index (κ3) is 2.63. The number of benzene rings is 1. The van der Waals surface area contributed by atoms with Gasteiger partial charge in [-0.25, -0.2) is 0 Å². The second-order valence-corrected chi connectivity index (χ2v) is 4.21. The Hall–Kier alpha value is -1.86. The SMILES string of the molecule is CC(CC#N)NC(=O)c1ccc2c(c1)COC2. The van der Waals surface area contributed by atoms with Crippen LogP contribution in [0.3, 0.4) is 0 Å². The number of ether oxygens (including phenoxy) is 1. The molecule has 1 amide bonds. The minimum Gasteiger partial charge on any atom is -0.372 e. The quantitative estimate of drug-likeness (QED) is 0.860. The van der Waals surface area contributed by atoms with Crippen molar-refractivity contribution in [3.05, 3.63) is 34.9 Å². The molecule has 1 aliphatic heterocycles. The van der Waals surface area contributed by atoms with Gasteiger partial charge in [-0.2, -0.15) is 5.26 Å². The largest absolute Gasteiger partial charge is 0.372 e. The van der Waals surface area contributed by atoms with E-state index in [4.69, 9.17) is 10.00 Å². The van der Waals surface area contributed by atoms with Crippen LogP contribution in [0.4, 0.5) is 0 Å². The van der Waals surface area contributed by atoms with Crippen molar-refractivity contribution in [2.45, 2.75) is 32.6 Å². The first kappa shape index (κ1) is 11.6. The lowest BCUT2D eigenvalue weighted by Gasteiger charge is -2.10. The molecule has 2 rings (SSSR count). The first-order valence-electron chi connectivity index (χ1n) is 5.58. The Morgan fingerprint density at radius 1 is 1.53 bits per heavy atom. The Balaban J connectivity index is 2.07. The molecule has 0 aromatic heterocycles. The van der Waals surface area contributed by atoms with E-state index < -0.39 is 0 Å². The van der Waals surface area contributed by atoms with Crippen LogP contribution in [0.1, 0.15) is 34.8 Å². The van der Waals surface area contributed by atoms with Gasteiger partial charge in [0.05, 0.1) is 25.7 Å². The summed E-state index contributed by atoms with van der Waals surface area (Å²) in [5.41, 5.74) is 2.84. The molecule has 4 nitrogen and oxygen atoms in total. The highest BCUT2D eigenvalue weighted by Gasteiger charge is 2.15. The third-order valence-corrected chi connectivity index (χ3v) is 2.76. The lowest BCUT2D eigenvalue weighted by atomic mass is 10.1. The second kappa shape index (κ2) is 4.98. The number of rotatable bonds is 3. The number of nitrogens with zero attached hydrogens (tertiary/aromatic N) is 1. The van der Waals surface area contributed by atoms with Crippen LogP contribution in [0.25, 0.3) is 0 Å². The van der Waals surface area contributed by atoms with Gasteiger partial charge in [0.15, 0.2) is 0 Å². The van der Waals surface area contributed by atoms with Crippen LogP contribution in [-0.2, 0) is 18.0 Å². The summed E-state index contributed by atoms with van der Waals surface area (Å²) in [4.78, 5) is 11.9. The van der Waals surface area contributed by atoms with Gasteiger partial charge in [0, 0.05) is 11.6 Å². The standard InChI is InChI=1S/C13H14N2O2/c1-9(4-5-14)15-13(16)10-2-3-11-7-17-8-12(11)6-10/h2-3,6,9H,4,7-8H2,1H3,(H,15,16). The maximum Gasteiger partial charge on any atom is 0.251 e. The first-order valence-corrected chi connectivity index (χ1v) is 5.58. The average Bonchev–Trinajstić information content (AvgIpc) is 2.75. The molecule has 0 radical (unpaired) electrons. The highest BCUT2D eigenvalue weighted by Crippen LogP contribution is 2.20.